The highest BCUT2D eigenvalue weighted by Crippen LogP contribution is 2.47. The molecule has 2 heterocycles. The van der Waals surface area contributed by atoms with Gasteiger partial charge in [0.1, 0.15) is 0 Å². The number of benzene rings is 21. The minimum absolute atomic E-state index is 1.09. The van der Waals surface area contributed by atoms with Crippen LogP contribution in [0.3, 0.4) is 0 Å². The van der Waals surface area contributed by atoms with E-state index in [4.69, 9.17) is 0 Å². The highest BCUT2D eigenvalue weighted by atomic mass is 15.1. The van der Waals surface area contributed by atoms with Crippen molar-refractivity contribution in [3.8, 4) is 100 Å². The molecule has 0 unspecified atom stereocenters. The first kappa shape index (κ1) is 73.9. The first-order valence-corrected chi connectivity index (χ1v) is 42.6. The summed E-state index contributed by atoms with van der Waals surface area (Å²) in [5.74, 6) is 0. The zero-order chi connectivity index (χ0) is 82.2. The zero-order valence-electron chi connectivity index (χ0n) is 68.1. The number of rotatable bonds is 16. The Morgan fingerprint density at radius 1 is 0.137 bits per heavy atom. The van der Waals surface area contributed by atoms with Crippen LogP contribution in [-0.4, -0.2) is 9.13 Å². The van der Waals surface area contributed by atoms with Gasteiger partial charge >= 0.3 is 0 Å². The Balaban J connectivity index is 0.000000148. The lowest BCUT2D eigenvalue weighted by Crippen LogP contribution is -2.10. The fourth-order valence-corrected chi connectivity index (χ4v) is 18.6. The average molecular weight is 1580 g/mol. The molecule has 0 spiro atoms. The molecule has 0 atom stereocenters. The SMILES string of the molecule is c1ccc(-c2ccc(N(c3ccc(-c4cccc(-c5ccccc5)c4)cc3)c3cccc(-c4ccc(-n5c6ccccc6c6c7ccccc7c7ccccc7c65)cc4)c3)cc2)cc1.c1ccc(-c2ccc(N(c3ccc(-c4cccc(-c5ccccc5)c4)cc3)c3cccc(-c4ccc(-n5c6ccccc6c6c7ccccc7ccc65)cc4)c3)cc2)cc1. The van der Waals surface area contributed by atoms with Gasteiger partial charge in [0.05, 0.1) is 22.1 Å². The molecule has 0 fully saturated rings. The molecule has 0 saturated heterocycles. The lowest BCUT2D eigenvalue weighted by molar-refractivity contribution is 1.18. The minimum Gasteiger partial charge on any atom is -0.310 e. The van der Waals surface area contributed by atoms with E-state index in [0.717, 1.165) is 62.2 Å². The molecule has 23 rings (SSSR count). The van der Waals surface area contributed by atoms with E-state index in [0.29, 0.717) is 0 Å². The molecule has 0 radical (unpaired) electrons. The molecule has 0 amide bonds. The topological polar surface area (TPSA) is 16.3 Å². The van der Waals surface area contributed by atoms with E-state index in [2.05, 4.69) is 516 Å². The van der Waals surface area contributed by atoms with Crippen LogP contribution in [-0.2, 0) is 0 Å². The van der Waals surface area contributed by atoms with E-state index in [1.807, 2.05) is 0 Å². The van der Waals surface area contributed by atoms with Gasteiger partial charge in [-0.3, -0.25) is 0 Å². The zero-order valence-corrected chi connectivity index (χ0v) is 68.1. The van der Waals surface area contributed by atoms with Crippen LogP contribution in [0.5, 0.6) is 0 Å². The molecular formula is C120H82N4. The van der Waals surface area contributed by atoms with Crippen LogP contribution in [0.4, 0.5) is 34.1 Å². The molecule has 21 aromatic carbocycles. The maximum absolute atomic E-state index is 2.46. The van der Waals surface area contributed by atoms with E-state index in [1.165, 1.54) is 148 Å². The molecule has 124 heavy (non-hydrogen) atoms. The third-order valence-electron chi connectivity index (χ3n) is 24.6. The van der Waals surface area contributed by atoms with Crippen molar-refractivity contribution in [1.29, 1.82) is 0 Å². The van der Waals surface area contributed by atoms with Gasteiger partial charge in [-0.2, -0.15) is 0 Å². The normalized spacial score (nSPS) is 11.4. The lowest BCUT2D eigenvalue weighted by Gasteiger charge is -2.26. The molecule has 0 aliphatic heterocycles. The molecular weight excluding hydrogens is 1500 g/mol. The van der Waals surface area contributed by atoms with Crippen molar-refractivity contribution in [2.45, 2.75) is 0 Å². The second-order valence-corrected chi connectivity index (χ2v) is 31.9. The Bertz CT molecular complexity index is 7830. The number of aromatic nitrogens is 2. The predicted octanol–water partition coefficient (Wildman–Crippen LogP) is 33.3. The van der Waals surface area contributed by atoms with Crippen molar-refractivity contribution in [1.82, 2.24) is 9.13 Å². The second-order valence-electron chi connectivity index (χ2n) is 31.9. The van der Waals surface area contributed by atoms with Crippen molar-refractivity contribution in [3.05, 3.63) is 497 Å². The van der Waals surface area contributed by atoms with Gasteiger partial charge in [0, 0.05) is 72.4 Å². The van der Waals surface area contributed by atoms with Crippen molar-refractivity contribution >= 4 is 110 Å². The Morgan fingerprint density at radius 3 is 0.831 bits per heavy atom. The second kappa shape index (κ2) is 32.4. The molecule has 4 nitrogen and oxygen atoms in total. The van der Waals surface area contributed by atoms with Gasteiger partial charge in [0.15, 0.2) is 0 Å². The van der Waals surface area contributed by atoms with Crippen LogP contribution in [0, 0.1) is 0 Å². The van der Waals surface area contributed by atoms with Gasteiger partial charge in [-0.05, 0) is 243 Å². The van der Waals surface area contributed by atoms with Crippen LogP contribution in [0.1, 0.15) is 0 Å². The molecule has 2 aromatic heterocycles. The summed E-state index contributed by atoms with van der Waals surface area (Å²) in [7, 11) is 0. The highest BCUT2D eigenvalue weighted by molar-refractivity contribution is 6.32. The van der Waals surface area contributed by atoms with Crippen molar-refractivity contribution in [2.75, 3.05) is 9.80 Å². The fourth-order valence-electron chi connectivity index (χ4n) is 18.6. The molecule has 0 saturated carbocycles. The largest absolute Gasteiger partial charge is 0.310 e. The van der Waals surface area contributed by atoms with Crippen LogP contribution in [0.2, 0.25) is 0 Å². The fraction of sp³-hybridized carbons (Fsp3) is 0. The van der Waals surface area contributed by atoms with Gasteiger partial charge in [0.25, 0.3) is 0 Å². The Kier molecular flexibility index (Phi) is 19.3. The molecule has 4 heteroatoms. The number of para-hydroxylation sites is 2. The third kappa shape index (κ3) is 14.0. The summed E-state index contributed by atoms with van der Waals surface area (Å²) < 4.78 is 4.86. The van der Waals surface area contributed by atoms with Gasteiger partial charge in [-0.25, -0.2) is 0 Å². The van der Waals surface area contributed by atoms with Gasteiger partial charge < -0.3 is 18.9 Å². The van der Waals surface area contributed by atoms with E-state index < -0.39 is 0 Å². The van der Waals surface area contributed by atoms with E-state index in [1.54, 1.807) is 0 Å². The quantitative estimate of drug-likeness (QED) is 0.0897. The smallest absolute Gasteiger partial charge is 0.0625 e. The van der Waals surface area contributed by atoms with Crippen LogP contribution in [0.25, 0.3) is 176 Å². The molecule has 0 aliphatic rings. The Morgan fingerprint density at radius 2 is 0.411 bits per heavy atom. The minimum atomic E-state index is 1.09. The number of hydrogen-bond acceptors (Lipinski definition) is 2. The summed E-state index contributed by atoms with van der Waals surface area (Å²) in [6.45, 7) is 0. The van der Waals surface area contributed by atoms with Crippen LogP contribution >= 0.6 is 0 Å². The number of nitrogens with zero attached hydrogens (tertiary/aromatic N) is 4. The summed E-state index contributed by atoms with van der Waals surface area (Å²) in [5, 5.41) is 12.8. The molecule has 0 bridgehead atoms. The Labute approximate surface area is 721 Å². The summed E-state index contributed by atoms with van der Waals surface area (Å²) in [6, 6.07) is 180. The number of hydrogen-bond donors (Lipinski definition) is 0. The maximum atomic E-state index is 2.46. The predicted molar refractivity (Wildman–Crippen MR) is 527 cm³/mol. The summed E-state index contributed by atoms with van der Waals surface area (Å²) in [6.07, 6.45) is 0. The molecule has 23 aromatic rings. The van der Waals surface area contributed by atoms with Crippen molar-refractivity contribution < 1.29 is 0 Å². The van der Waals surface area contributed by atoms with E-state index in [9.17, 15) is 0 Å². The van der Waals surface area contributed by atoms with Gasteiger partial charge in [0.2, 0.25) is 0 Å². The monoisotopic (exact) mass is 1580 g/mol. The first-order chi connectivity index (χ1) is 61.5. The lowest BCUT2D eigenvalue weighted by atomic mass is 9.97. The molecule has 0 aliphatic carbocycles. The number of fused-ring (bicyclic) bond motifs is 13. The summed E-state index contributed by atoms with van der Waals surface area (Å²) in [4.78, 5) is 4.73. The van der Waals surface area contributed by atoms with Crippen molar-refractivity contribution in [2.24, 2.45) is 0 Å². The molecule has 0 N–H and O–H groups in total. The first-order valence-electron chi connectivity index (χ1n) is 42.6. The standard InChI is InChI=1S/C62H42N2.C58H40N2/c1-3-15-43(16-4-1)45-29-35-51(36-30-45)63(52-37-31-46(32-38-52)49-20-13-19-48(41-49)44-17-5-2-6-18-44)54-22-14-21-50(42-54)47-33-39-53(40-34-47)64-60-28-12-11-27-59(60)61-57-25-9-7-23-55(57)56-24-8-10-26-58(56)62(61)64;1-3-13-41(14-4-1)43-25-32-50(33-26-43)59(51-34-27-44(28-35-51)48-19-11-18-47(39-48)42-15-5-2-6-16-42)53-21-12-20-49(40-53)45-29-36-52(37-30-45)60-56-24-10-9-23-55(56)58-54-22-8-7-17-46(54)31-38-57(58)60/h1-42H;1-40H. The van der Waals surface area contributed by atoms with Gasteiger partial charge in [-0.1, -0.05) is 370 Å². The van der Waals surface area contributed by atoms with Gasteiger partial charge in [-0.15, -0.1) is 0 Å². The van der Waals surface area contributed by atoms with E-state index in [-0.39, 0.29) is 0 Å². The number of anilines is 6. The summed E-state index contributed by atoms with van der Waals surface area (Å²) in [5.41, 5.74) is 32.8. The van der Waals surface area contributed by atoms with Crippen LogP contribution in [0.15, 0.2) is 497 Å². The average Bonchev–Trinajstić information content (AvgIpc) is 1.53. The van der Waals surface area contributed by atoms with Crippen molar-refractivity contribution in [3.63, 3.8) is 0 Å². The Hall–Kier alpha value is -16.4. The van der Waals surface area contributed by atoms with E-state index >= 15 is 0 Å². The highest BCUT2D eigenvalue weighted by Gasteiger charge is 2.23. The molecule has 582 valence electrons. The van der Waals surface area contributed by atoms with Crippen LogP contribution < -0.4 is 9.80 Å². The summed E-state index contributed by atoms with van der Waals surface area (Å²) >= 11 is 0. The maximum Gasteiger partial charge on any atom is 0.0625 e. The third-order valence-corrected chi connectivity index (χ3v) is 24.6.